The van der Waals surface area contributed by atoms with E-state index in [1.54, 1.807) is 30.3 Å². The number of rotatable bonds is 4. The second-order valence-corrected chi connectivity index (χ2v) is 6.10. The molecular weight excluding hydrogens is 332 g/mol. The van der Waals surface area contributed by atoms with Crippen molar-refractivity contribution < 1.29 is 18.8 Å². The molecule has 26 heavy (non-hydrogen) atoms. The summed E-state index contributed by atoms with van der Waals surface area (Å²) in [6.07, 6.45) is 6.03. The summed E-state index contributed by atoms with van der Waals surface area (Å²) in [5.74, 6) is -0.472. The number of furan rings is 1. The van der Waals surface area contributed by atoms with Gasteiger partial charge in [-0.05, 0) is 47.9 Å². The number of amides is 4. The number of carbonyl (C=O) groups excluding carboxylic acids is 3. The van der Waals surface area contributed by atoms with Crippen molar-refractivity contribution in [3.05, 3.63) is 71.7 Å². The van der Waals surface area contributed by atoms with Crippen LogP contribution in [-0.2, 0) is 9.59 Å². The standard InChI is InChI=1S/C20H18N2O4/c1-13(2)14-8-10-15(11-9-14)22-19(24)17(18(23)21-20(22)25)7-3-5-16-6-4-12-26-16/h3-13H,1-2H3,(H,21,23,25)/b5-3-,17-7-. The highest BCUT2D eigenvalue weighted by Crippen LogP contribution is 2.23. The van der Waals surface area contributed by atoms with Gasteiger partial charge >= 0.3 is 6.03 Å². The molecule has 132 valence electrons. The van der Waals surface area contributed by atoms with Crippen LogP contribution in [0.25, 0.3) is 6.08 Å². The Balaban J connectivity index is 1.87. The molecule has 6 heteroatoms. The highest BCUT2D eigenvalue weighted by Gasteiger charge is 2.36. The first-order valence-corrected chi connectivity index (χ1v) is 8.19. The topological polar surface area (TPSA) is 79.6 Å². The maximum atomic E-state index is 12.7. The third kappa shape index (κ3) is 3.49. The van der Waals surface area contributed by atoms with Gasteiger partial charge < -0.3 is 4.42 Å². The maximum Gasteiger partial charge on any atom is 0.335 e. The van der Waals surface area contributed by atoms with Crippen LogP contribution in [0.4, 0.5) is 10.5 Å². The molecule has 1 aromatic heterocycles. The summed E-state index contributed by atoms with van der Waals surface area (Å²) in [6, 6.07) is 9.81. The van der Waals surface area contributed by atoms with Crippen LogP contribution >= 0.6 is 0 Å². The zero-order chi connectivity index (χ0) is 18.7. The Bertz CT molecular complexity index is 890. The summed E-state index contributed by atoms with van der Waals surface area (Å²) in [4.78, 5) is 37.8. The van der Waals surface area contributed by atoms with E-state index in [2.05, 4.69) is 19.2 Å². The quantitative estimate of drug-likeness (QED) is 0.674. The van der Waals surface area contributed by atoms with Crippen molar-refractivity contribution in [3.8, 4) is 0 Å². The van der Waals surface area contributed by atoms with Crippen molar-refractivity contribution in [2.75, 3.05) is 4.90 Å². The lowest BCUT2D eigenvalue weighted by Crippen LogP contribution is -2.54. The van der Waals surface area contributed by atoms with E-state index in [-0.39, 0.29) is 5.57 Å². The lowest BCUT2D eigenvalue weighted by molar-refractivity contribution is -0.122. The number of imide groups is 2. The van der Waals surface area contributed by atoms with Gasteiger partial charge in [0.05, 0.1) is 12.0 Å². The Morgan fingerprint density at radius 3 is 2.42 bits per heavy atom. The molecule has 0 saturated carbocycles. The molecule has 0 bridgehead atoms. The second-order valence-electron chi connectivity index (χ2n) is 6.10. The van der Waals surface area contributed by atoms with E-state index in [4.69, 9.17) is 4.42 Å². The van der Waals surface area contributed by atoms with Crippen LogP contribution in [0.1, 0.15) is 31.1 Å². The number of urea groups is 1. The molecule has 0 radical (unpaired) electrons. The van der Waals surface area contributed by atoms with E-state index in [9.17, 15) is 14.4 Å². The van der Waals surface area contributed by atoms with Crippen LogP contribution in [0.3, 0.4) is 0 Å². The van der Waals surface area contributed by atoms with Gasteiger partial charge in [0.15, 0.2) is 0 Å². The molecule has 1 saturated heterocycles. The lowest BCUT2D eigenvalue weighted by Gasteiger charge is -2.26. The molecule has 2 heterocycles. The predicted octanol–water partition coefficient (Wildman–Crippen LogP) is 3.63. The van der Waals surface area contributed by atoms with Crippen LogP contribution in [0.2, 0.25) is 0 Å². The molecule has 0 aliphatic carbocycles. The molecule has 0 spiro atoms. The monoisotopic (exact) mass is 350 g/mol. The van der Waals surface area contributed by atoms with Crippen LogP contribution in [0.15, 0.2) is 64.8 Å². The Kier molecular flexibility index (Phi) is 4.84. The summed E-state index contributed by atoms with van der Waals surface area (Å²) in [5.41, 5.74) is 1.37. The highest BCUT2D eigenvalue weighted by atomic mass is 16.3. The Hall–Kier alpha value is -3.41. The van der Waals surface area contributed by atoms with E-state index in [0.717, 1.165) is 10.5 Å². The lowest BCUT2D eigenvalue weighted by atomic mass is 10.0. The van der Waals surface area contributed by atoms with Gasteiger partial charge in [-0.25, -0.2) is 9.69 Å². The van der Waals surface area contributed by atoms with Gasteiger partial charge in [-0.2, -0.15) is 0 Å². The average Bonchev–Trinajstić information content (AvgIpc) is 3.11. The molecule has 0 unspecified atom stereocenters. The molecule has 2 aromatic rings. The van der Waals surface area contributed by atoms with Gasteiger partial charge in [-0.3, -0.25) is 14.9 Å². The molecule has 1 aliphatic heterocycles. The van der Waals surface area contributed by atoms with E-state index < -0.39 is 17.8 Å². The first-order chi connectivity index (χ1) is 12.5. The van der Waals surface area contributed by atoms with Crippen LogP contribution in [-0.4, -0.2) is 17.8 Å². The molecule has 1 N–H and O–H groups in total. The van der Waals surface area contributed by atoms with E-state index in [1.807, 2.05) is 12.1 Å². The number of barbiturate groups is 1. The number of nitrogens with one attached hydrogen (secondary N) is 1. The first kappa shape index (κ1) is 17.4. The number of nitrogens with zero attached hydrogens (tertiary/aromatic N) is 1. The highest BCUT2D eigenvalue weighted by molar-refractivity contribution is 6.37. The number of anilines is 1. The summed E-state index contributed by atoms with van der Waals surface area (Å²) >= 11 is 0. The maximum absolute atomic E-state index is 12.7. The molecule has 3 rings (SSSR count). The van der Waals surface area contributed by atoms with Crippen molar-refractivity contribution >= 4 is 29.6 Å². The molecule has 1 aromatic carbocycles. The van der Waals surface area contributed by atoms with Gasteiger partial charge in [-0.1, -0.05) is 32.1 Å². The third-order valence-electron chi connectivity index (χ3n) is 3.99. The smallest absolute Gasteiger partial charge is 0.335 e. The number of hydrogen-bond donors (Lipinski definition) is 1. The van der Waals surface area contributed by atoms with Gasteiger partial charge in [0.1, 0.15) is 11.3 Å². The molecule has 0 atom stereocenters. The van der Waals surface area contributed by atoms with E-state index in [0.29, 0.717) is 17.4 Å². The average molecular weight is 350 g/mol. The summed E-state index contributed by atoms with van der Waals surface area (Å²) in [5, 5.41) is 2.19. The number of carbonyl (C=O) groups is 3. The summed E-state index contributed by atoms with van der Waals surface area (Å²) in [6.45, 7) is 4.11. The second kappa shape index (κ2) is 7.23. The largest absolute Gasteiger partial charge is 0.465 e. The summed E-state index contributed by atoms with van der Waals surface area (Å²) in [7, 11) is 0. The fourth-order valence-corrected chi connectivity index (χ4v) is 2.55. The molecule has 6 nitrogen and oxygen atoms in total. The summed E-state index contributed by atoms with van der Waals surface area (Å²) < 4.78 is 5.15. The minimum atomic E-state index is -0.760. The fraction of sp³-hybridized carbons (Fsp3) is 0.150. The van der Waals surface area contributed by atoms with Crippen molar-refractivity contribution in [3.63, 3.8) is 0 Å². The Labute approximate surface area is 150 Å². The molecule has 1 aliphatic rings. The van der Waals surface area contributed by atoms with Crippen molar-refractivity contribution in [2.45, 2.75) is 19.8 Å². The Morgan fingerprint density at radius 2 is 1.81 bits per heavy atom. The van der Waals surface area contributed by atoms with E-state index >= 15 is 0 Å². The fourth-order valence-electron chi connectivity index (χ4n) is 2.55. The Morgan fingerprint density at radius 1 is 1.08 bits per heavy atom. The van der Waals surface area contributed by atoms with Crippen LogP contribution in [0, 0.1) is 0 Å². The van der Waals surface area contributed by atoms with Crippen molar-refractivity contribution in [1.29, 1.82) is 0 Å². The first-order valence-electron chi connectivity index (χ1n) is 8.19. The molecule has 4 amide bonds. The van der Waals surface area contributed by atoms with Crippen LogP contribution < -0.4 is 10.2 Å². The van der Waals surface area contributed by atoms with Gasteiger partial charge in [-0.15, -0.1) is 0 Å². The number of allylic oxidation sites excluding steroid dienone is 2. The zero-order valence-electron chi connectivity index (χ0n) is 14.4. The predicted molar refractivity (Wildman–Crippen MR) is 97.4 cm³/mol. The minimum absolute atomic E-state index is 0.125. The molecular formula is C20H18N2O4. The zero-order valence-corrected chi connectivity index (χ0v) is 14.4. The normalized spacial score (nSPS) is 16.8. The van der Waals surface area contributed by atoms with E-state index in [1.165, 1.54) is 18.4 Å². The third-order valence-corrected chi connectivity index (χ3v) is 3.99. The van der Waals surface area contributed by atoms with Crippen molar-refractivity contribution in [1.82, 2.24) is 5.32 Å². The van der Waals surface area contributed by atoms with Gasteiger partial charge in [0.25, 0.3) is 11.8 Å². The number of hydrogen-bond acceptors (Lipinski definition) is 4. The van der Waals surface area contributed by atoms with Crippen LogP contribution in [0.5, 0.6) is 0 Å². The SMILES string of the molecule is CC(C)c1ccc(N2C(=O)NC(=O)/C(=C/C=C\c3ccco3)C2=O)cc1. The number of benzene rings is 1. The minimum Gasteiger partial charge on any atom is -0.465 e. The molecule has 1 fully saturated rings. The van der Waals surface area contributed by atoms with Gasteiger partial charge in [0.2, 0.25) is 0 Å². The van der Waals surface area contributed by atoms with Crippen molar-refractivity contribution in [2.24, 2.45) is 0 Å². The van der Waals surface area contributed by atoms with Gasteiger partial charge in [0, 0.05) is 0 Å².